The molecule has 3 nitrogen and oxygen atoms in total. The molecule has 2 aromatic carbocycles. The van der Waals surface area contributed by atoms with E-state index in [9.17, 15) is 0 Å². The molecule has 0 amide bonds. The molecule has 1 atom stereocenters. The largest absolute Gasteiger partial charge is 0.486 e. The maximum atomic E-state index is 6.16. The van der Waals surface area contributed by atoms with E-state index >= 15 is 0 Å². The Hall–Kier alpha value is -1.87. The minimum Gasteiger partial charge on any atom is -0.486 e. The van der Waals surface area contributed by atoms with Crippen molar-refractivity contribution in [3.63, 3.8) is 0 Å². The topological polar surface area (TPSA) is 30.5 Å². The molecule has 0 fully saturated rings. The Labute approximate surface area is 123 Å². The van der Waals surface area contributed by atoms with E-state index in [1.807, 2.05) is 42.5 Å². The lowest BCUT2D eigenvalue weighted by Gasteiger charge is -2.21. The Kier molecular flexibility index (Phi) is 3.70. The SMILES string of the molecule is CC(Nc1ccccc1Cl)c1ccc2c(c1)OCCO2. The molecule has 1 unspecified atom stereocenters. The zero-order valence-corrected chi connectivity index (χ0v) is 12.0. The summed E-state index contributed by atoms with van der Waals surface area (Å²) in [7, 11) is 0. The molecule has 0 saturated heterocycles. The van der Waals surface area contributed by atoms with Crippen LogP contribution in [-0.4, -0.2) is 13.2 Å². The summed E-state index contributed by atoms with van der Waals surface area (Å²) in [5.74, 6) is 1.62. The summed E-state index contributed by atoms with van der Waals surface area (Å²) < 4.78 is 11.1. The lowest BCUT2D eigenvalue weighted by molar-refractivity contribution is 0.171. The number of benzene rings is 2. The van der Waals surface area contributed by atoms with Gasteiger partial charge in [0.15, 0.2) is 11.5 Å². The fourth-order valence-electron chi connectivity index (χ4n) is 2.22. The Morgan fingerprint density at radius 1 is 1.05 bits per heavy atom. The van der Waals surface area contributed by atoms with Crippen molar-refractivity contribution in [2.24, 2.45) is 0 Å². The summed E-state index contributed by atoms with van der Waals surface area (Å²) in [5.41, 5.74) is 2.06. The molecule has 0 aromatic heterocycles. The van der Waals surface area contributed by atoms with E-state index in [0.29, 0.717) is 13.2 Å². The maximum absolute atomic E-state index is 6.16. The standard InChI is InChI=1S/C16H16ClNO2/c1-11(18-14-5-3-2-4-13(14)17)12-6-7-15-16(10-12)20-9-8-19-15/h2-7,10-11,18H,8-9H2,1H3. The number of halogens is 1. The van der Waals surface area contributed by atoms with Crippen LogP contribution in [0, 0.1) is 0 Å². The lowest BCUT2D eigenvalue weighted by Crippen LogP contribution is -2.16. The van der Waals surface area contributed by atoms with Gasteiger partial charge >= 0.3 is 0 Å². The third kappa shape index (κ3) is 2.68. The monoisotopic (exact) mass is 289 g/mol. The molecular formula is C16H16ClNO2. The number of para-hydroxylation sites is 1. The molecule has 1 N–H and O–H groups in total. The Bertz CT molecular complexity index is 615. The van der Waals surface area contributed by atoms with Crippen molar-refractivity contribution in [3.8, 4) is 11.5 Å². The number of hydrogen-bond donors (Lipinski definition) is 1. The summed E-state index contributed by atoms with van der Waals surface area (Å²) in [5, 5.41) is 4.12. The van der Waals surface area contributed by atoms with Gasteiger partial charge in [-0.3, -0.25) is 0 Å². The van der Waals surface area contributed by atoms with Crippen molar-refractivity contribution in [1.82, 2.24) is 0 Å². The number of anilines is 1. The van der Waals surface area contributed by atoms with Gasteiger partial charge in [0.05, 0.1) is 10.7 Å². The highest BCUT2D eigenvalue weighted by Crippen LogP contribution is 2.34. The van der Waals surface area contributed by atoms with Gasteiger partial charge in [0, 0.05) is 6.04 Å². The second-order valence-corrected chi connectivity index (χ2v) is 5.16. The van der Waals surface area contributed by atoms with Crippen LogP contribution in [0.4, 0.5) is 5.69 Å². The normalized spacial score (nSPS) is 14.7. The summed E-state index contributed by atoms with van der Waals surface area (Å²) in [6.45, 7) is 3.30. The fraction of sp³-hybridized carbons (Fsp3) is 0.250. The van der Waals surface area contributed by atoms with Gasteiger partial charge in [0.2, 0.25) is 0 Å². The van der Waals surface area contributed by atoms with Gasteiger partial charge in [-0.2, -0.15) is 0 Å². The summed E-state index contributed by atoms with van der Waals surface area (Å²) in [6.07, 6.45) is 0. The van der Waals surface area contributed by atoms with Crippen LogP contribution in [-0.2, 0) is 0 Å². The van der Waals surface area contributed by atoms with Crippen LogP contribution < -0.4 is 14.8 Å². The van der Waals surface area contributed by atoms with Crippen LogP contribution in [0.15, 0.2) is 42.5 Å². The molecule has 1 aliphatic rings. The second kappa shape index (κ2) is 5.63. The van der Waals surface area contributed by atoms with Crippen LogP contribution in [0.25, 0.3) is 0 Å². The summed E-state index contributed by atoms with van der Waals surface area (Å²) in [6, 6.07) is 13.9. The molecule has 0 saturated carbocycles. The van der Waals surface area contributed by atoms with Crippen molar-refractivity contribution in [2.75, 3.05) is 18.5 Å². The second-order valence-electron chi connectivity index (χ2n) is 4.75. The van der Waals surface area contributed by atoms with Gasteiger partial charge in [0.1, 0.15) is 13.2 Å². The van der Waals surface area contributed by atoms with Crippen LogP contribution >= 0.6 is 11.6 Å². The van der Waals surface area contributed by atoms with Gasteiger partial charge in [-0.05, 0) is 36.8 Å². The fourth-order valence-corrected chi connectivity index (χ4v) is 2.41. The number of fused-ring (bicyclic) bond motifs is 1. The third-order valence-corrected chi connectivity index (χ3v) is 3.64. The van der Waals surface area contributed by atoms with E-state index in [1.165, 1.54) is 0 Å². The first-order valence-electron chi connectivity index (χ1n) is 6.64. The van der Waals surface area contributed by atoms with Gasteiger partial charge in [-0.25, -0.2) is 0 Å². The quantitative estimate of drug-likeness (QED) is 0.914. The number of ether oxygens (including phenoxy) is 2. The minimum absolute atomic E-state index is 0.130. The number of nitrogens with one attached hydrogen (secondary N) is 1. The Balaban J connectivity index is 1.80. The predicted octanol–water partition coefficient (Wildman–Crippen LogP) is 4.28. The maximum Gasteiger partial charge on any atom is 0.161 e. The van der Waals surface area contributed by atoms with Crippen molar-refractivity contribution in [2.45, 2.75) is 13.0 Å². The van der Waals surface area contributed by atoms with E-state index in [4.69, 9.17) is 21.1 Å². The van der Waals surface area contributed by atoms with Crippen molar-refractivity contribution < 1.29 is 9.47 Å². The lowest BCUT2D eigenvalue weighted by atomic mass is 10.1. The minimum atomic E-state index is 0.130. The first kappa shape index (κ1) is 13.1. The molecule has 1 heterocycles. The average Bonchev–Trinajstić information content (AvgIpc) is 2.49. The van der Waals surface area contributed by atoms with Crippen LogP contribution in [0.1, 0.15) is 18.5 Å². The zero-order chi connectivity index (χ0) is 13.9. The van der Waals surface area contributed by atoms with Crippen LogP contribution in [0.2, 0.25) is 5.02 Å². The molecule has 0 bridgehead atoms. The van der Waals surface area contributed by atoms with Gasteiger partial charge < -0.3 is 14.8 Å². The third-order valence-electron chi connectivity index (χ3n) is 3.31. The van der Waals surface area contributed by atoms with Crippen molar-refractivity contribution in [3.05, 3.63) is 53.1 Å². The van der Waals surface area contributed by atoms with Crippen molar-refractivity contribution in [1.29, 1.82) is 0 Å². The predicted molar refractivity (Wildman–Crippen MR) is 80.9 cm³/mol. The highest BCUT2D eigenvalue weighted by Gasteiger charge is 2.14. The number of hydrogen-bond acceptors (Lipinski definition) is 3. The Morgan fingerprint density at radius 2 is 1.80 bits per heavy atom. The highest BCUT2D eigenvalue weighted by molar-refractivity contribution is 6.33. The van der Waals surface area contributed by atoms with Gasteiger partial charge in [0.25, 0.3) is 0 Å². The summed E-state index contributed by atoms with van der Waals surface area (Å²) >= 11 is 6.16. The molecule has 0 aliphatic carbocycles. The molecule has 104 valence electrons. The molecular weight excluding hydrogens is 274 g/mol. The number of rotatable bonds is 3. The van der Waals surface area contributed by atoms with Crippen molar-refractivity contribution >= 4 is 17.3 Å². The van der Waals surface area contributed by atoms with E-state index in [0.717, 1.165) is 27.8 Å². The molecule has 0 radical (unpaired) electrons. The van der Waals surface area contributed by atoms with E-state index in [2.05, 4.69) is 12.2 Å². The smallest absolute Gasteiger partial charge is 0.161 e. The van der Waals surface area contributed by atoms with Gasteiger partial charge in [-0.15, -0.1) is 0 Å². The molecule has 2 aromatic rings. The van der Waals surface area contributed by atoms with E-state index in [1.54, 1.807) is 0 Å². The van der Waals surface area contributed by atoms with Crippen LogP contribution in [0.3, 0.4) is 0 Å². The highest BCUT2D eigenvalue weighted by atomic mass is 35.5. The molecule has 0 spiro atoms. The summed E-state index contributed by atoms with van der Waals surface area (Å²) in [4.78, 5) is 0. The first-order chi connectivity index (χ1) is 9.74. The zero-order valence-electron chi connectivity index (χ0n) is 11.2. The van der Waals surface area contributed by atoms with E-state index in [-0.39, 0.29) is 6.04 Å². The molecule has 3 rings (SSSR count). The first-order valence-corrected chi connectivity index (χ1v) is 7.02. The molecule has 20 heavy (non-hydrogen) atoms. The van der Waals surface area contributed by atoms with E-state index < -0.39 is 0 Å². The Morgan fingerprint density at radius 3 is 2.60 bits per heavy atom. The molecule has 1 aliphatic heterocycles. The van der Waals surface area contributed by atoms with Gasteiger partial charge in [-0.1, -0.05) is 29.8 Å². The molecule has 4 heteroatoms. The average molecular weight is 290 g/mol. The van der Waals surface area contributed by atoms with Crippen LogP contribution in [0.5, 0.6) is 11.5 Å².